The molecule has 3 rings (SSSR count). The first kappa shape index (κ1) is 20.3. The van der Waals surface area contributed by atoms with Crippen LogP contribution in [0.1, 0.15) is 35.0 Å². The van der Waals surface area contributed by atoms with E-state index in [1.807, 2.05) is 0 Å². The van der Waals surface area contributed by atoms with Gasteiger partial charge in [0.25, 0.3) is 15.9 Å². The normalized spacial score (nSPS) is 12.2. The molecule has 0 aliphatic heterocycles. The molecular weight excluding hydrogens is 396 g/mol. The van der Waals surface area contributed by atoms with E-state index in [1.165, 1.54) is 31.4 Å². The Morgan fingerprint density at radius 1 is 1.10 bits per heavy atom. The largest absolute Gasteiger partial charge is 0.497 e. The Balaban J connectivity index is 1.68. The molecule has 2 aromatic carbocycles. The number of ether oxygens (including phenoxy) is 1. The maximum absolute atomic E-state index is 12.5. The zero-order chi connectivity index (χ0) is 21.0. The minimum absolute atomic E-state index is 0.0328. The number of sulfonamides is 1. The third-order valence-corrected chi connectivity index (χ3v) is 5.43. The lowest BCUT2D eigenvalue weighted by Crippen LogP contribution is -2.27. The quantitative estimate of drug-likeness (QED) is 0.607. The number of hydrogen-bond acceptors (Lipinski definition) is 7. The molecule has 1 aromatic heterocycles. The zero-order valence-corrected chi connectivity index (χ0v) is 16.9. The number of hydrogen-bond donors (Lipinski definition) is 2. The summed E-state index contributed by atoms with van der Waals surface area (Å²) in [6, 6.07) is 11.6. The minimum Gasteiger partial charge on any atom is -0.497 e. The summed E-state index contributed by atoms with van der Waals surface area (Å²) in [6.07, 6.45) is 0. The third kappa shape index (κ3) is 4.91. The van der Waals surface area contributed by atoms with Crippen LogP contribution in [0.25, 0.3) is 0 Å². The number of nitrogens with one attached hydrogen (secondary N) is 2. The van der Waals surface area contributed by atoms with E-state index in [2.05, 4.69) is 20.2 Å². The highest BCUT2D eigenvalue weighted by atomic mass is 32.2. The van der Waals surface area contributed by atoms with Crippen molar-refractivity contribution in [2.75, 3.05) is 11.8 Å². The van der Waals surface area contributed by atoms with Gasteiger partial charge in [-0.1, -0.05) is 5.16 Å². The van der Waals surface area contributed by atoms with Gasteiger partial charge >= 0.3 is 0 Å². The van der Waals surface area contributed by atoms with E-state index in [0.29, 0.717) is 28.7 Å². The highest BCUT2D eigenvalue weighted by Gasteiger charge is 2.18. The van der Waals surface area contributed by atoms with E-state index < -0.39 is 16.1 Å². The van der Waals surface area contributed by atoms with Gasteiger partial charge < -0.3 is 14.6 Å². The van der Waals surface area contributed by atoms with Gasteiger partial charge in [-0.3, -0.25) is 9.52 Å². The molecule has 0 aliphatic rings. The Kier molecular flexibility index (Phi) is 5.83. The van der Waals surface area contributed by atoms with Gasteiger partial charge in [0.05, 0.1) is 12.0 Å². The molecule has 0 fully saturated rings. The Bertz CT molecular complexity index is 1090. The van der Waals surface area contributed by atoms with Gasteiger partial charge in [0.2, 0.25) is 5.89 Å². The molecular formula is C19H20N4O5S. The van der Waals surface area contributed by atoms with Gasteiger partial charge in [0.1, 0.15) is 11.8 Å². The molecule has 1 unspecified atom stereocenters. The SMILES string of the molecule is COc1ccc(NS(=O)(=O)c2ccc(C(=O)NC(C)c3nc(C)no3)cc2)cc1. The van der Waals surface area contributed by atoms with E-state index in [4.69, 9.17) is 9.26 Å². The molecule has 1 heterocycles. The smallest absolute Gasteiger partial charge is 0.261 e. The van der Waals surface area contributed by atoms with Gasteiger partial charge in [0, 0.05) is 11.3 Å². The van der Waals surface area contributed by atoms with Crippen LogP contribution in [0.4, 0.5) is 5.69 Å². The van der Waals surface area contributed by atoms with Crippen molar-refractivity contribution in [1.29, 1.82) is 0 Å². The van der Waals surface area contributed by atoms with E-state index in [0.717, 1.165) is 0 Å². The maximum atomic E-state index is 12.5. The van der Waals surface area contributed by atoms with Crippen LogP contribution in [0.2, 0.25) is 0 Å². The highest BCUT2D eigenvalue weighted by molar-refractivity contribution is 7.92. The summed E-state index contributed by atoms with van der Waals surface area (Å²) in [4.78, 5) is 16.5. The van der Waals surface area contributed by atoms with Crippen molar-refractivity contribution >= 4 is 21.6 Å². The van der Waals surface area contributed by atoms with Crippen molar-refractivity contribution in [3.63, 3.8) is 0 Å². The van der Waals surface area contributed by atoms with Crippen LogP contribution in [-0.2, 0) is 10.0 Å². The fourth-order valence-corrected chi connectivity index (χ4v) is 3.55. The number of nitrogens with zero attached hydrogens (tertiary/aromatic N) is 2. The predicted molar refractivity (Wildman–Crippen MR) is 105 cm³/mol. The van der Waals surface area contributed by atoms with Crippen LogP contribution >= 0.6 is 0 Å². The lowest BCUT2D eigenvalue weighted by molar-refractivity contribution is 0.0932. The van der Waals surface area contributed by atoms with Crippen LogP contribution in [0.15, 0.2) is 57.9 Å². The number of rotatable bonds is 7. The van der Waals surface area contributed by atoms with E-state index >= 15 is 0 Å². The number of anilines is 1. The molecule has 152 valence electrons. The summed E-state index contributed by atoms with van der Waals surface area (Å²) in [7, 11) is -2.27. The standard InChI is InChI=1S/C19H20N4O5S/c1-12(19-21-13(2)22-28-19)20-18(24)14-4-10-17(11-5-14)29(25,26)23-15-6-8-16(27-3)9-7-15/h4-12,23H,1-3H3,(H,20,24). The van der Waals surface area contributed by atoms with Crippen LogP contribution in [-0.4, -0.2) is 31.6 Å². The molecule has 0 saturated heterocycles. The molecule has 0 aliphatic carbocycles. The average molecular weight is 416 g/mol. The first-order valence-electron chi connectivity index (χ1n) is 8.66. The first-order valence-corrected chi connectivity index (χ1v) is 10.1. The molecule has 0 bridgehead atoms. The van der Waals surface area contributed by atoms with E-state index in [-0.39, 0.29) is 10.8 Å². The summed E-state index contributed by atoms with van der Waals surface area (Å²) in [5.74, 6) is 0.993. The topological polar surface area (TPSA) is 123 Å². The predicted octanol–water partition coefficient (Wildman–Crippen LogP) is 2.68. The second kappa shape index (κ2) is 8.31. The molecule has 9 nitrogen and oxygen atoms in total. The van der Waals surface area contributed by atoms with Crippen molar-refractivity contribution in [3.8, 4) is 5.75 Å². The minimum atomic E-state index is -3.79. The Hall–Kier alpha value is -3.40. The molecule has 1 atom stereocenters. The number of amides is 1. The van der Waals surface area contributed by atoms with Crippen molar-refractivity contribution in [2.45, 2.75) is 24.8 Å². The molecule has 2 N–H and O–H groups in total. The number of benzene rings is 2. The molecule has 0 spiro atoms. The van der Waals surface area contributed by atoms with Gasteiger partial charge in [-0.25, -0.2) is 8.42 Å². The first-order chi connectivity index (χ1) is 13.8. The summed E-state index contributed by atoms with van der Waals surface area (Å²) in [6.45, 7) is 3.39. The number of carbonyl (C=O) groups is 1. The fraction of sp³-hybridized carbons (Fsp3) is 0.211. The lowest BCUT2D eigenvalue weighted by atomic mass is 10.2. The van der Waals surface area contributed by atoms with Crippen molar-refractivity contribution < 1.29 is 22.5 Å². The summed E-state index contributed by atoms with van der Waals surface area (Å²) in [5, 5.41) is 6.40. The van der Waals surface area contributed by atoms with Crippen molar-refractivity contribution in [2.24, 2.45) is 0 Å². The van der Waals surface area contributed by atoms with Gasteiger partial charge in [-0.2, -0.15) is 4.98 Å². The van der Waals surface area contributed by atoms with Crippen LogP contribution in [0, 0.1) is 6.92 Å². The molecule has 10 heteroatoms. The summed E-state index contributed by atoms with van der Waals surface area (Å²) >= 11 is 0. The van der Waals surface area contributed by atoms with Gasteiger partial charge in [-0.05, 0) is 62.4 Å². The summed E-state index contributed by atoms with van der Waals surface area (Å²) in [5.41, 5.74) is 0.702. The van der Waals surface area contributed by atoms with Gasteiger partial charge in [-0.15, -0.1) is 0 Å². The number of carbonyl (C=O) groups excluding carboxylic acids is 1. The lowest BCUT2D eigenvalue weighted by Gasteiger charge is -2.11. The van der Waals surface area contributed by atoms with Gasteiger partial charge in [0.15, 0.2) is 5.82 Å². The second-order valence-electron chi connectivity index (χ2n) is 6.23. The third-order valence-electron chi connectivity index (χ3n) is 4.03. The van der Waals surface area contributed by atoms with E-state index in [1.54, 1.807) is 38.1 Å². The zero-order valence-electron chi connectivity index (χ0n) is 16.0. The number of aryl methyl sites for hydroxylation is 1. The van der Waals surface area contributed by atoms with Crippen molar-refractivity contribution in [3.05, 3.63) is 65.8 Å². The van der Waals surface area contributed by atoms with Crippen LogP contribution in [0.5, 0.6) is 5.75 Å². The Morgan fingerprint density at radius 2 is 1.76 bits per heavy atom. The monoisotopic (exact) mass is 416 g/mol. The fourth-order valence-electron chi connectivity index (χ4n) is 2.49. The van der Waals surface area contributed by atoms with Crippen LogP contribution < -0.4 is 14.8 Å². The molecule has 0 radical (unpaired) electrons. The molecule has 29 heavy (non-hydrogen) atoms. The number of methoxy groups -OCH3 is 1. The molecule has 1 amide bonds. The van der Waals surface area contributed by atoms with Crippen LogP contribution in [0.3, 0.4) is 0 Å². The maximum Gasteiger partial charge on any atom is 0.261 e. The Morgan fingerprint density at radius 3 is 2.31 bits per heavy atom. The van der Waals surface area contributed by atoms with E-state index in [9.17, 15) is 13.2 Å². The number of aromatic nitrogens is 2. The second-order valence-corrected chi connectivity index (χ2v) is 7.92. The Labute approximate surface area is 168 Å². The summed E-state index contributed by atoms with van der Waals surface area (Å²) < 4.78 is 37.6. The van der Waals surface area contributed by atoms with Crippen molar-refractivity contribution in [1.82, 2.24) is 15.5 Å². The average Bonchev–Trinajstić information content (AvgIpc) is 3.15. The molecule has 3 aromatic rings. The highest BCUT2D eigenvalue weighted by Crippen LogP contribution is 2.20. The molecule has 0 saturated carbocycles.